The number of carbonyl (C=O) groups is 2. The van der Waals surface area contributed by atoms with E-state index in [0.717, 1.165) is 50.0 Å². The van der Waals surface area contributed by atoms with Crippen LogP contribution in [0.4, 0.5) is 11.4 Å². The van der Waals surface area contributed by atoms with Gasteiger partial charge in [0.15, 0.2) is 0 Å². The van der Waals surface area contributed by atoms with Crippen LogP contribution in [0.25, 0.3) is 0 Å². The average Bonchev–Trinajstić information content (AvgIpc) is 2.76. The zero-order valence-corrected chi connectivity index (χ0v) is 18.6. The molecule has 0 aromatic heterocycles. The molecule has 6 nitrogen and oxygen atoms in total. The molecule has 2 rings (SSSR count). The smallest absolute Gasteiger partial charge is 0.233 e. The van der Waals surface area contributed by atoms with Crippen LogP contribution in [-0.2, 0) is 9.59 Å². The minimum absolute atomic E-state index is 0.259. The molecule has 0 radical (unpaired) electrons. The van der Waals surface area contributed by atoms with Crippen LogP contribution in [0.3, 0.4) is 0 Å². The molecule has 0 spiro atoms. The van der Waals surface area contributed by atoms with Crippen molar-refractivity contribution in [3.63, 3.8) is 0 Å². The number of rotatable bonds is 14. The van der Waals surface area contributed by atoms with Gasteiger partial charge in [-0.05, 0) is 61.4 Å². The van der Waals surface area contributed by atoms with Crippen LogP contribution >= 0.6 is 0 Å². The van der Waals surface area contributed by atoms with Gasteiger partial charge >= 0.3 is 0 Å². The quantitative estimate of drug-likeness (QED) is 0.296. The van der Waals surface area contributed by atoms with E-state index >= 15 is 0 Å². The fourth-order valence-corrected chi connectivity index (χ4v) is 2.91. The van der Waals surface area contributed by atoms with E-state index < -0.39 is 0 Å². The van der Waals surface area contributed by atoms with Crippen LogP contribution < -0.4 is 20.1 Å². The van der Waals surface area contributed by atoms with Gasteiger partial charge in [0.1, 0.15) is 17.9 Å². The Kier molecular flexibility index (Phi) is 11.0. The predicted molar refractivity (Wildman–Crippen MR) is 125 cm³/mol. The number of anilines is 2. The Balaban J connectivity index is 1.71. The van der Waals surface area contributed by atoms with Gasteiger partial charge in [0.25, 0.3) is 0 Å². The summed E-state index contributed by atoms with van der Waals surface area (Å²) in [4.78, 5) is 24.3. The van der Waals surface area contributed by atoms with E-state index in [1.54, 1.807) is 24.3 Å². The maximum Gasteiger partial charge on any atom is 0.233 e. The minimum Gasteiger partial charge on any atom is -0.494 e. The fraction of sp³-hybridized carbons (Fsp3) is 0.440. The Morgan fingerprint density at radius 3 is 1.39 bits per heavy atom. The van der Waals surface area contributed by atoms with Gasteiger partial charge in [0.2, 0.25) is 11.8 Å². The number of amides is 2. The molecule has 0 aliphatic carbocycles. The molecule has 2 aromatic rings. The molecule has 31 heavy (non-hydrogen) atoms. The van der Waals surface area contributed by atoms with E-state index in [1.807, 2.05) is 24.3 Å². The van der Waals surface area contributed by atoms with Crippen LogP contribution in [0, 0.1) is 0 Å². The molecule has 0 saturated carbocycles. The molecule has 2 aromatic carbocycles. The van der Waals surface area contributed by atoms with E-state index in [1.165, 1.54) is 0 Å². The largest absolute Gasteiger partial charge is 0.494 e. The number of hydrogen-bond donors (Lipinski definition) is 2. The van der Waals surface area contributed by atoms with Crippen molar-refractivity contribution in [1.82, 2.24) is 0 Å². The normalized spacial score (nSPS) is 10.4. The van der Waals surface area contributed by atoms with Crippen LogP contribution in [0.15, 0.2) is 48.5 Å². The van der Waals surface area contributed by atoms with E-state index in [2.05, 4.69) is 24.5 Å². The van der Waals surface area contributed by atoms with Crippen molar-refractivity contribution >= 4 is 23.2 Å². The van der Waals surface area contributed by atoms with E-state index in [4.69, 9.17) is 9.47 Å². The van der Waals surface area contributed by atoms with Crippen molar-refractivity contribution in [1.29, 1.82) is 0 Å². The number of unbranched alkanes of at least 4 members (excludes halogenated alkanes) is 4. The molecule has 0 fully saturated rings. The third-order valence-electron chi connectivity index (χ3n) is 4.63. The lowest BCUT2D eigenvalue weighted by Gasteiger charge is -2.09. The second kappa shape index (κ2) is 14.1. The molecule has 6 heteroatoms. The maximum absolute atomic E-state index is 12.1. The number of hydrogen-bond acceptors (Lipinski definition) is 4. The Labute approximate surface area is 185 Å². The molecule has 0 aliphatic heterocycles. The molecular formula is C25H34N2O4. The summed E-state index contributed by atoms with van der Waals surface area (Å²) in [6.07, 6.45) is 6.39. The summed E-state index contributed by atoms with van der Waals surface area (Å²) in [5.74, 6) is 0.796. The highest BCUT2D eigenvalue weighted by molar-refractivity contribution is 6.08. The van der Waals surface area contributed by atoms with Crippen molar-refractivity contribution in [2.45, 2.75) is 58.8 Å². The second-order valence-electron chi connectivity index (χ2n) is 7.43. The fourth-order valence-electron chi connectivity index (χ4n) is 2.91. The standard InChI is InChI=1S/C25H34N2O4/c1-3-5-7-17-30-22-13-9-20(10-14-22)26-24(28)19-25(29)27-21-11-15-23(16-12-21)31-18-8-6-4-2/h9-16H,3-8,17-19H2,1-2H3,(H,26,28)(H,27,29). The Hall–Kier alpha value is -3.02. The van der Waals surface area contributed by atoms with Crippen LogP contribution in [0.5, 0.6) is 11.5 Å². The molecule has 2 amide bonds. The summed E-state index contributed by atoms with van der Waals surface area (Å²) in [5, 5.41) is 5.46. The monoisotopic (exact) mass is 426 g/mol. The van der Waals surface area contributed by atoms with Gasteiger partial charge in [-0.2, -0.15) is 0 Å². The first-order chi connectivity index (χ1) is 15.1. The van der Waals surface area contributed by atoms with Gasteiger partial charge in [-0.15, -0.1) is 0 Å². The highest BCUT2D eigenvalue weighted by atomic mass is 16.5. The maximum atomic E-state index is 12.1. The highest BCUT2D eigenvalue weighted by Gasteiger charge is 2.10. The van der Waals surface area contributed by atoms with E-state index in [9.17, 15) is 9.59 Å². The molecule has 0 heterocycles. The first kappa shape index (κ1) is 24.3. The summed E-state index contributed by atoms with van der Waals surface area (Å²) < 4.78 is 11.3. The summed E-state index contributed by atoms with van der Waals surface area (Å²) in [6, 6.07) is 14.3. The number of benzene rings is 2. The molecular weight excluding hydrogens is 392 g/mol. The molecule has 0 saturated heterocycles. The Morgan fingerprint density at radius 2 is 1.03 bits per heavy atom. The van der Waals surface area contributed by atoms with E-state index in [-0.39, 0.29) is 18.2 Å². The Morgan fingerprint density at radius 1 is 0.645 bits per heavy atom. The number of ether oxygens (including phenoxy) is 2. The van der Waals surface area contributed by atoms with Gasteiger partial charge in [0, 0.05) is 11.4 Å². The first-order valence-corrected chi connectivity index (χ1v) is 11.2. The molecule has 0 atom stereocenters. The lowest BCUT2D eigenvalue weighted by molar-refractivity contribution is -0.123. The van der Waals surface area contributed by atoms with E-state index in [0.29, 0.717) is 24.6 Å². The van der Waals surface area contributed by atoms with Crippen molar-refractivity contribution in [2.75, 3.05) is 23.8 Å². The minimum atomic E-state index is -0.370. The third-order valence-corrected chi connectivity index (χ3v) is 4.63. The number of carbonyl (C=O) groups excluding carboxylic acids is 2. The molecule has 168 valence electrons. The number of nitrogens with one attached hydrogen (secondary N) is 2. The summed E-state index contributed by atoms with van der Waals surface area (Å²) >= 11 is 0. The van der Waals surface area contributed by atoms with Crippen LogP contribution in [0.1, 0.15) is 58.8 Å². The van der Waals surface area contributed by atoms with Crippen LogP contribution in [-0.4, -0.2) is 25.0 Å². The van der Waals surface area contributed by atoms with Gasteiger partial charge in [-0.1, -0.05) is 39.5 Å². The topological polar surface area (TPSA) is 76.7 Å². The first-order valence-electron chi connectivity index (χ1n) is 11.2. The van der Waals surface area contributed by atoms with Crippen molar-refractivity contribution < 1.29 is 19.1 Å². The lowest BCUT2D eigenvalue weighted by Crippen LogP contribution is -2.21. The van der Waals surface area contributed by atoms with Gasteiger partial charge < -0.3 is 20.1 Å². The van der Waals surface area contributed by atoms with Crippen molar-refractivity contribution in [2.24, 2.45) is 0 Å². The lowest BCUT2D eigenvalue weighted by atomic mass is 10.2. The summed E-state index contributed by atoms with van der Waals surface area (Å²) in [5.41, 5.74) is 1.26. The van der Waals surface area contributed by atoms with Crippen molar-refractivity contribution in [3.8, 4) is 11.5 Å². The van der Waals surface area contributed by atoms with Gasteiger partial charge in [-0.3, -0.25) is 9.59 Å². The molecule has 0 unspecified atom stereocenters. The molecule has 2 N–H and O–H groups in total. The van der Waals surface area contributed by atoms with Gasteiger partial charge in [-0.25, -0.2) is 0 Å². The second-order valence-corrected chi connectivity index (χ2v) is 7.43. The van der Waals surface area contributed by atoms with Crippen molar-refractivity contribution in [3.05, 3.63) is 48.5 Å². The SMILES string of the molecule is CCCCCOc1ccc(NC(=O)CC(=O)Nc2ccc(OCCCCC)cc2)cc1. The molecule has 0 aliphatic rings. The van der Waals surface area contributed by atoms with Gasteiger partial charge in [0.05, 0.1) is 13.2 Å². The highest BCUT2D eigenvalue weighted by Crippen LogP contribution is 2.18. The Bertz CT molecular complexity index is 721. The summed E-state index contributed by atoms with van der Waals surface area (Å²) in [6.45, 7) is 5.68. The zero-order valence-electron chi connectivity index (χ0n) is 18.6. The van der Waals surface area contributed by atoms with Crippen LogP contribution in [0.2, 0.25) is 0 Å². The third kappa shape index (κ3) is 10.0. The predicted octanol–water partition coefficient (Wildman–Crippen LogP) is 5.79. The zero-order chi connectivity index (χ0) is 22.3. The average molecular weight is 427 g/mol. The molecule has 0 bridgehead atoms. The summed E-state index contributed by atoms with van der Waals surface area (Å²) in [7, 11) is 0.